The zero-order chi connectivity index (χ0) is 13.2. The van der Waals surface area contributed by atoms with Crippen LogP contribution in [0.25, 0.3) is 0 Å². The molecule has 0 unspecified atom stereocenters. The number of sulfonamides is 1. The van der Waals surface area contributed by atoms with Gasteiger partial charge in [0, 0.05) is 6.20 Å². The molecule has 0 saturated carbocycles. The van der Waals surface area contributed by atoms with Crippen molar-refractivity contribution in [3.63, 3.8) is 0 Å². The van der Waals surface area contributed by atoms with Gasteiger partial charge in [-0.1, -0.05) is 0 Å². The van der Waals surface area contributed by atoms with Gasteiger partial charge in [0.05, 0.1) is 11.9 Å². The molecule has 3 N–H and O–H groups in total. The van der Waals surface area contributed by atoms with Gasteiger partial charge in [0.25, 0.3) is 10.0 Å². The van der Waals surface area contributed by atoms with Crippen LogP contribution in [0.4, 0.5) is 5.69 Å². The lowest BCUT2D eigenvalue weighted by Crippen LogP contribution is -2.14. The summed E-state index contributed by atoms with van der Waals surface area (Å²) in [5.74, 6) is -1.24. The Hall–Kier alpha value is -2.42. The predicted octanol–water partition coefficient (Wildman–Crippen LogP) is 0.304. The van der Waals surface area contributed by atoms with Gasteiger partial charge in [0.1, 0.15) is 5.69 Å². The van der Waals surface area contributed by atoms with Crippen LogP contribution in [-0.2, 0) is 10.0 Å². The number of aromatic nitrogens is 3. The van der Waals surface area contributed by atoms with Crippen LogP contribution >= 0.6 is 0 Å². The van der Waals surface area contributed by atoms with Gasteiger partial charge in [-0.2, -0.15) is 13.5 Å². The van der Waals surface area contributed by atoms with Crippen molar-refractivity contribution < 1.29 is 18.3 Å². The van der Waals surface area contributed by atoms with Gasteiger partial charge in [-0.15, -0.1) is 0 Å². The fourth-order valence-electron chi connectivity index (χ4n) is 1.21. The number of nitrogens with one attached hydrogen (secondary N) is 2. The van der Waals surface area contributed by atoms with Gasteiger partial charge in [-0.3, -0.25) is 9.82 Å². The first-order valence-corrected chi connectivity index (χ1v) is 6.19. The Labute approximate surface area is 102 Å². The average molecular weight is 268 g/mol. The van der Waals surface area contributed by atoms with Gasteiger partial charge in [0.2, 0.25) is 0 Å². The Balaban J connectivity index is 2.30. The number of anilines is 1. The summed E-state index contributed by atoms with van der Waals surface area (Å²) in [6.07, 6.45) is 2.50. The molecule has 0 saturated heterocycles. The Morgan fingerprint density at radius 3 is 2.72 bits per heavy atom. The van der Waals surface area contributed by atoms with E-state index < -0.39 is 16.0 Å². The van der Waals surface area contributed by atoms with Gasteiger partial charge < -0.3 is 5.11 Å². The summed E-state index contributed by atoms with van der Waals surface area (Å²) < 4.78 is 25.8. The minimum atomic E-state index is -3.80. The lowest BCUT2D eigenvalue weighted by molar-refractivity contribution is 0.0690. The number of pyridine rings is 1. The van der Waals surface area contributed by atoms with E-state index in [9.17, 15) is 13.2 Å². The topological polar surface area (TPSA) is 125 Å². The molecule has 0 aliphatic heterocycles. The molecule has 0 radical (unpaired) electrons. The summed E-state index contributed by atoms with van der Waals surface area (Å²) in [4.78, 5) is 14.3. The second-order valence-corrected chi connectivity index (χ2v) is 4.91. The fourth-order valence-corrected chi connectivity index (χ4v) is 2.17. The van der Waals surface area contributed by atoms with Gasteiger partial charge in [0.15, 0.2) is 5.03 Å². The second kappa shape index (κ2) is 4.45. The number of aromatic carboxylic acids is 1. The van der Waals surface area contributed by atoms with Crippen LogP contribution in [0.3, 0.4) is 0 Å². The smallest absolute Gasteiger partial charge is 0.354 e. The molecular weight excluding hydrogens is 260 g/mol. The molecule has 0 fully saturated rings. The first kappa shape index (κ1) is 12.0. The van der Waals surface area contributed by atoms with Crippen molar-refractivity contribution in [2.45, 2.75) is 5.03 Å². The van der Waals surface area contributed by atoms with E-state index in [0.717, 1.165) is 6.07 Å². The van der Waals surface area contributed by atoms with E-state index in [2.05, 4.69) is 19.9 Å². The van der Waals surface area contributed by atoms with Crippen molar-refractivity contribution in [1.29, 1.82) is 0 Å². The third-order valence-electron chi connectivity index (χ3n) is 2.00. The zero-order valence-corrected chi connectivity index (χ0v) is 9.68. The minimum absolute atomic E-state index is 0.108. The number of carbonyl (C=O) groups is 1. The Morgan fingerprint density at radius 2 is 2.11 bits per heavy atom. The van der Waals surface area contributed by atoms with Crippen LogP contribution in [0.5, 0.6) is 0 Å². The second-order valence-electron chi connectivity index (χ2n) is 3.26. The molecule has 2 aromatic rings. The molecule has 94 valence electrons. The van der Waals surface area contributed by atoms with E-state index in [-0.39, 0.29) is 16.4 Å². The zero-order valence-electron chi connectivity index (χ0n) is 8.86. The molecule has 0 aliphatic carbocycles. The number of hydrogen-bond acceptors (Lipinski definition) is 5. The minimum Gasteiger partial charge on any atom is -0.477 e. The number of carboxylic acids is 1. The van der Waals surface area contributed by atoms with Crippen LogP contribution in [0, 0.1) is 0 Å². The van der Waals surface area contributed by atoms with E-state index in [1.54, 1.807) is 0 Å². The number of hydrogen-bond donors (Lipinski definition) is 3. The maximum absolute atomic E-state index is 11.8. The van der Waals surface area contributed by atoms with Crippen LogP contribution in [0.2, 0.25) is 0 Å². The van der Waals surface area contributed by atoms with Crippen molar-refractivity contribution in [1.82, 2.24) is 15.2 Å². The first-order chi connectivity index (χ1) is 8.49. The molecule has 18 heavy (non-hydrogen) atoms. The molecule has 2 rings (SSSR count). The van der Waals surface area contributed by atoms with Crippen LogP contribution in [0.1, 0.15) is 10.5 Å². The molecular formula is C9H8N4O4S. The number of H-pyrrole nitrogens is 1. The third-order valence-corrected chi connectivity index (χ3v) is 3.31. The van der Waals surface area contributed by atoms with Crippen molar-refractivity contribution in [3.8, 4) is 0 Å². The SMILES string of the molecule is O=C(O)c1cc(NS(=O)(=O)c2ccn[nH]2)ccn1. The normalized spacial score (nSPS) is 11.1. The summed E-state index contributed by atoms with van der Waals surface area (Å²) in [5.41, 5.74) is -0.142. The maximum atomic E-state index is 11.8. The number of aromatic amines is 1. The van der Waals surface area contributed by atoms with Gasteiger partial charge in [-0.25, -0.2) is 9.78 Å². The Kier molecular flexibility index (Phi) is 2.98. The molecule has 0 aromatic carbocycles. The van der Waals surface area contributed by atoms with Crippen molar-refractivity contribution >= 4 is 21.7 Å². The lowest BCUT2D eigenvalue weighted by Gasteiger charge is -2.06. The fraction of sp³-hybridized carbons (Fsp3) is 0. The van der Waals surface area contributed by atoms with E-state index in [4.69, 9.17) is 5.11 Å². The molecule has 0 amide bonds. The summed E-state index contributed by atoms with van der Waals surface area (Å²) in [5, 5.41) is 14.4. The highest BCUT2D eigenvalue weighted by Gasteiger charge is 2.16. The highest BCUT2D eigenvalue weighted by atomic mass is 32.2. The summed E-state index contributed by atoms with van der Waals surface area (Å²) in [7, 11) is -3.80. The standard InChI is InChI=1S/C9H8N4O4S/c14-9(15)7-5-6(1-3-10-7)13-18(16,17)8-2-4-11-12-8/h1-5H,(H,10,13)(H,11,12)(H,14,15). The lowest BCUT2D eigenvalue weighted by atomic mass is 10.3. The first-order valence-electron chi connectivity index (χ1n) is 4.70. The van der Waals surface area contributed by atoms with Crippen molar-refractivity contribution in [3.05, 3.63) is 36.3 Å². The van der Waals surface area contributed by atoms with Crippen LogP contribution in [-0.4, -0.2) is 34.7 Å². The van der Waals surface area contributed by atoms with Gasteiger partial charge in [-0.05, 0) is 18.2 Å². The quantitative estimate of drug-likeness (QED) is 0.732. The van der Waals surface area contributed by atoms with E-state index in [1.807, 2.05) is 0 Å². The summed E-state index contributed by atoms with van der Waals surface area (Å²) >= 11 is 0. The van der Waals surface area contributed by atoms with Crippen molar-refractivity contribution in [2.75, 3.05) is 4.72 Å². The molecule has 0 aliphatic rings. The monoisotopic (exact) mass is 268 g/mol. The summed E-state index contributed by atoms with van der Waals surface area (Å²) in [6, 6.07) is 3.75. The van der Waals surface area contributed by atoms with Crippen LogP contribution in [0.15, 0.2) is 35.6 Å². The largest absolute Gasteiger partial charge is 0.477 e. The highest BCUT2D eigenvalue weighted by molar-refractivity contribution is 7.92. The van der Waals surface area contributed by atoms with E-state index in [1.165, 1.54) is 24.5 Å². The van der Waals surface area contributed by atoms with Gasteiger partial charge >= 0.3 is 5.97 Å². The molecule has 0 bridgehead atoms. The number of nitrogens with zero attached hydrogens (tertiary/aromatic N) is 2. The number of rotatable bonds is 4. The molecule has 2 heterocycles. The predicted molar refractivity (Wildman–Crippen MR) is 60.6 cm³/mol. The number of carboxylic acid groups (broad SMARTS) is 1. The molecule has 9 heteroatoms. The Morgan fingerprint density at radius 1 is 1.33 bits per heavy atom. The third kappa shape index (κ3) is 2.46. The molecule has 0 atom stereocenters. The highest BCUT2D eigenvalue weighted by Crippen LogP contribution is 2.14. The molecule has 2 aromatic heterocycles. The van der Waals surface area contributed by atoms with Crippen LogP contribution < -0.4 is 4.72 Å². The maximum Gasteiger partial charge on any atom is 0.354 e. The average Bonchev–Trinajstić information content (AvgIpc) is 2.82. The van der Waals surface area contributed by atoms with E-state index in [0.29, 0.717) is 0 Å². The molecule has 0 spiro atoms. The molecule has 8 nitrogen and oxygen atoms in total. The van der Waals surface area contributed by atoms with E-state index >= 15 is 0 Å². The summed E-state index contributed by atoms with van der Waals surface area (Å²) in [6.45, 7) is 0. The Bertz CT molecular complexity index is 666. The van der Waals surface area contributed by atoms with Crippen molar-refractivity contribution in [2.24, 2.45) is 0 Å².